The average molecular weight is 345 g/mol. The predicted molar refractivity (Wildman–Crippen MR) is 94.6 cm³/mol. The maximum absolute atomic E-state index is 13.9. The van der Waals surface area contributed by atoms with Gasteiger partial charge in [-0.1, -0.05) is 0 Å². The lowest BCUT2D eigenvalue weighted by atomic mass is 10.1. The molecule has 2 N–H and O–H groups in total. The number of aromatic nitrogens is 1. The molecule has 0 saturated carbocycles. The third kappa shape index (κ3) is 3.83. The molecule has 5 nitrogen and oxygen atoms in total. The molecule has 1 fully saturated rings. The molecular weight excluding hydrogens is 321 g/mol. The highest BCUT2D eigenvalue weighted by molar-refractivity contribution is 5.87. The molecule has 3 rings (SSSR count). The van der Waals surface area contributed by atoms with Gasteiger partial charge in [0.15, 0.2) is 0 Å². The van der Waals surface area contributed by atoms with Gasteiger partial charge in [0.25, 0.3) is 0 Å². The van der Waals surface area contributed by atoms with Crippen LogP contribution in [-0.4, -0.2) is 34.8 Å². The fourth-order valence-corrected chi connectivity index (χ4v) is 3.38. The SMILES string of the molecule is Cc1[nH]c2c(CNC(=O)CCCN3CCCC3=O)cc(F)cc2c1C. The van der Waals surface area contributed by atoms with E-state index in [-0.39, 0.29) is 24.2 Å². The fraction of sp³-hybridized carbons (Fsp3) is 0.474. The molecule has 2 heterocycles. The van der Waals surface area contributed by atoms with Crippen molar-refractivity contribution in [2.45, 2.75) is 46.1 Å². The first-order chi connectivity index (χ1) is 12.0. The van der Waals surface area contributed by atoms with Gasteiger partial charge in [0.1, 0.15) is 5.82 Å². The zero-order valence-corrected chi connectivity index (χ0v) is 14.7. The van der Waals surface area contributed by atoms with Crippen molar-refractivity contribution in [3.05, 3.63) is 34.8 Å². The van der Waals surface area contributed by atoms with Crippen LogP contribution in [0.25, 0.3) is 10.9 Å². The molecule has 1 aliphatic rings. The molecule has 0 aliphatic carbocycles. The Hall–Kier alpha value is -2.37. The minimum atomic E-state index is -0.300. The maximum Gasteiger partial charge on any atom is 0.222 e. The number of fused-ring (bicyclic) bond motifs is 1. The van der Waals surface area contributed by atoms with Gasteiger partial charge in [-0.3, -0.25) is 9.59 Å². The third-order valence-corrected chi connectivity index (χ3v) is 4.94. The van der Waals surface area contributed by atoms with E-state index < -0.39 is 0 Å². The van der Waals surface area contributed by atoms with Crippen molar-refractivity contribution in [1.82, 2.24) is 15.2 Å². The minimum absolute atomic E-state index is 0.0796. The van der Waals surface area contributed by atoms with E-state index in [0.29, 0.717) is 25.8 Å². The number of carbonyl (C=O) groups is 2. The number of amides is 2. The summed E-state index contributed by atoms with van der Waals surface area (Å²) in [4.78, 5) is 28.7. The quantitative estimate of drug-likeness (QED) is 0.845. The first-order valence-corrected chi connectivity index (χ1v) is 8.77. The molecule has 1 saturated heterocycles. The number of halogens is 1. The van der Waals surface area contributed by atoms with E-state index in [1.165, 1.54) is 12.1 Å². The van der Waals surface area contributed by atoms with Gasteiger partial charge in [0, 0.05) is 43.6 Å². The highest BCUT2D eigenvalue weighted by atomic mass is 19.1. The van der Waals surface area contributed by atoms with Crippen molar-refractivity contribution in [2.24, 2.45) is 0 Å². The van der Waals surface area contributed by atoms with Crippen molar-refractivity contribution >= 4 is 22.7 Å². The Kier molecular flexibility index (Phi) is 5.06. The molecule has 1 aromatic heterocycles. The number of rotatable bonds is 6. The van der Waals surface area contributed by atoms with Crippen LogP contribution < -0.4 is 5.32 Å². The van der Waals surface area contributed by atoms with E-state index in [2.05, 4.69) is 10.3 Å². The highest BCUT2D eigenvalue weighted by Crippen LogP contribution is 2.25. The molecule has 2 amide bonds. The zero-order chi connectivity index (χ0) is 18.0. The number of hydrogen-bond donors (Lipinski definition) is 2. The first kappa shape index (κ1) is 17.5. The van der Waals surface area contributed by atoms with Crippen LogP contribution in [0.15, 0.2) is 12.1 Å². The normalized spacial score (nSPS) is 14.5. The van der Waals surface area contributed by atoms with Crippen LogP contribution in [0.5, 0.6) is 0 Å². The molecule has 0 atom stereocenters. The number of H-pyrrole nitrogens is 1. The first-order valence-electron chi connectivity index (χ1n) is 8.77. The van der Waals surface area contributed by atoms with E-state index in [0.717, 1.165) is 40.7 Å². The molecule has 0 radical (unpaired) electrons. The molecule has 0 bridgehead atoms. The number of aryl methyl sites for hydroxylation is 2. The van der Waals surface area contributed by atoms with Gasteiger partial charge in [-0.25, -0.2) is 4.39 Å². The second kappa shape index (κ2) is 7.25. The second-order valence-corrected chi connectivity index (χ2v) is 6.73. The topological polar surface area (TPSA) is 65.2 Å². The molecule has 0 spiro atoms. The minimum Gasteiger partial charge on any atom is -0.358 e. The lowest BCUT2D eigenvalue weighted by molar-refractivity contribution is -0.128. The highest BCUT2D eigenvalue weighted by Gasteiger charge is 2.19. The van der Waals surface area contributed by atoms with Crippen LogP contribution in [0.2, 0.25) is 0 Å². The standard InChI is InChI=1S/C19H24FN3O2/c1-12-13(2)22-19-14(9-15(20)10-16(12)19)11-21-17(24)5-3-7-23-8-4-6-18(23)25/h9-10,22H,3-8,11H2,1-2H3,(H,21,24). The van der Waals surface area contributed by atoms with Crippen molar-refractivity contribution in [3.8, 4) is 0 Å². The number of hydrogen-bond acceptors (Lipinski definition) is 2. The molecule has 25 heavy (non-hydrogen) atoms. The summed E-state index contributed by atoms with van der Waals surface area (Å²) in [6, 6.07) is 2.98. The smallest absolute Gasteiger partial charge is 0.222 e. The molecule has 134 valence electrons. The third-order valence-electron chi connectivity index (χ3n) is 4.94. The van der Waals surface area contributed by atoms with Gasteiger partial charge >= 0.3 is 0 Å². The Balaban J connectivity index is 1.56. The molecule has 1 aromatic carbocycles. The summed E-state index contributed by atoms with van der Waals surface area (Å²) < 4.78 is 13.9. The van der Waals surface area contributed by atoms with E-state index in [4.69, 9.17) is 0 Å². The largest absolute Gasteiger partial charge is 0.358 e. The van der Waals surface area contributed by atoms with Gasteiger partial charge in [0.2, 0.25) is 11.8 Å². The Bertz CT molecular complexity index is 813. The Morgan fingerprint density at radius 1 is 1.36 bits per heavy atom. The Morgan fingerprint density at radius 2 is 2.16 bits per heavy atom. The van der Waals surface area contributed by atoms with E-state index in [9.17, 15) is 14.0 Å². The van der Waals surface area contributed by atoms with Crippen LogP contribution >= 0.6 is 0 Å². The van der Waals surface area contributed by atoms with Crippen molar-refractivity contribution in [3.63, 3.8) is 0 Å². The summed E-state index contributed by atoms with van der Waals surface area (Å²) in [6.45, 7) is 5.62. The van der Waals surface area contributed by atoms with Crippen molar-refractivity contribution in [2.75, 3.05) is 13.1 Å². The Morgan fingerprint density at radius 3 is 2.88 bits per heavy atom. The summed E-state index contributed by atoms with van der Waals surface area (Å²) in [5.41, 5.74) is 3.65. The van der Waals surface area contributed by atoms with Gasteiger partial charge < -0.3 is 15.2 Å². The van der Waals surface area contributed by atoms with Gasteiger partial charge in [-0.05, 0) is 49.9 Å². The number of carbonyl (C=O) groups excluding carboxylic acids is 2. The lowest BCUT2D eigenvalue weighted by Gasteiger charge is -2.14. The number of nitrogens with zero attached hydrogens (tertiary/aromatic N) is 1. The molecule has 1 aliphatic heterocycles. The molecule has 2 aromatic rings. The monoisotopic (exact) mass is 345 g/mol. The van der Waals surface area contributed by atoms with E-state index >= 15 is 0 Å². The summed E-state index contributed by atoms with van der Waals surface area (Å²) in [6.07, 6.45) is 2.55. The average Bonchev–Trinajstić information content (AvgIpc) is 3.10. The molecule has 0 unspecified atom stereocenters. The van der Waals surface area contributed by atoms with Crippen LogP contribution in [0.1, 0.15) is 42.5 Å². The zero-order valence-electron chi connectivity index (χ0n) is 14.7. The van der Waals surface area contributed by atoms with Crippen LogP contribution in [0.3, 0.4) is 0 Å². The summed E-state index contributed by atoms with van der Waals surface area (Å²) in [5, 5.41) is 3.71. The maximum atomic E-state index is 13.9. The molecular formula is C19H24FN3O2. The number of aromatic amines is 1. The molecule has 6 heteroatoms. The summed E-state index contributed by atoms with van der Waals surface area (Å²) in [5.74, 6) is -0.199. The number of likely N-dealkylation sites (tertiary alicyclic amines) is 1. The predicted octanol–water partition coefficient (Wildman–Crippen LogP) is 2.94. The summed E-state index contributed by atoms with van der Waals surface area (Å²) in [7, 11) is 0. The second-order valence-electron chi connectivity index (χ2n) is 6.73. The van der Waals surface area contributed by atoms with Crippen molar-refractivity contribution in [1.29, 1.82) is 0 Å². The lowest BCUT2D eigenvalue weighted by Crippen LogP contribution is -2.28. The fourth-order valence-electron chi connectivity index (χ4n) is 3.38. The van der Waals surface area contributed by atoms with Gasteiger partial charge in [0.05, 0.1) is 5.52 Å². The number of benzene rings is 1. The van der Waals surface area contributed by atoms with E-state index in [1.54, 1.807) is 0 Å². The Labute approximate surface area is 146 Å². The number of nitrogens with one attached hydrogen (secondary N) is 2. The van der Waals surface area contributed by atoms with Gasteiger partial charge in [-0.15, -0.1) is 0 Å². The van der Waals surface area contributed by atoms with Crippen molar-refractivity contribution < 1.29 is 14.0 Å². The van der Waals surface area contributed by atoms with E-state index in [1.807, 2.05) is 18.7 Å². The van der Waals surface area contributed by atoms with Crippen LogP contribution in [0.4, 0.5) is 4.39 Å². The van der Waals surface area contributed by atoms with Crippen LogP contribution in [-0.2, 0) is 16.1 Å². The van der Waals surface area contributed by atoms with Crippen LogP contribution in [0, 0.1) is 19.7 Å². The summed E-state index contributed by atoms with van der Waals surface area (Å²) >= 11 is 0. The van der Waals surface area contributed by atoms with Gasteiger partial charge in [-0.2, -0.15) is 0 Å².